The van der Waals surface area contributed by atoms with Crippen LogP contribution in [0, 0.1) is 12.7 Å². The van der Waals surface area contributed by atoms with Crippen LogP contribution in [0.2, 0.25) is 0 Å². The molecule has 2 aromatic rings. The van der Waals surface area contributed by atoms with Gasteiger partial charge in [0.2, 0.25) is 0 Å². The van der Waals surface area contributed by atoms with Gasteiger partial charge in [-0.1, -0.05) is 6.07 Å². The topological polar surface area (TPSA) is 26.2 Å². The molecule has 1 aromatic heterocycles. The number of nitrogens with zero attached hydrogens (tertiary/aromatic N) is 1. The van der Waals surface area contributed by atoms with Crippen molar-refractivity contribution >= 4 is 0 Å². The Kier molecular flexibility index (Phi) is 5.32. The molecule has 1 aromatic carbocycles. The van der Waals surface area contributed by atoms with Crippen LogP contribution in [-0.2, 0) is 17.8 Å². The van der Waals surface area contributed by atoms with Crippen molar-refractivity contribution in [2.24, 2.45) is 0 Å². The van der Waals surface area contributed by atoms with Gasteiger partial charge in [0.15, 0.2) is 0 Å². The Balaban J connectivity index is 1.92. The Morgan fingerprint density at radius 3 is 2.90 bits per heavy atom. The zero-order chi connectivity index (χ0) is 14.4. The van der Waals surface area contributed by atoms with E-state index in [1.165, 1.54) is 11.6 Å². The molecule has 0 bridgehead atoms. The van der Waals surface area contributed by atoms with Gasteiger partial charge >= 0.3 is 0 Å². The number of rotatable bonds is 7. The zero-order valence-electron chi connectivity index (χ0n) is 12.0. The van der Waals surface area contributed by atoms with Crippen molar-refractivity contribution in [3.8, 4) is 0 Å². The van der Waals surface area contributed by atoms with E-state index in [1.807, 2.05) is 13.0 Å². The standard InChI is InChI=1S/C16H21FN2O/c1-13-9-16(17)4-3-15(13)12-19-7-5-14(11-19)10-18-6-8-20-2/h3-5,7,9,11,18H,6,8,10,12H2,1-2H3. The van der Waals surface area contributed by atoms with Crippen molar-refractivity contribution < 1.29 is 9.13 Å². The highest BCUT2D eigenvalue weighted by Gasteiger charge is 2.02. The Morgan fingerprint density at radius 2 is 2.15 bits per heavy atom. The van der Waals surface area contributed by atoms with E-state index in [1.54, 1.807) is 13.2 Å². The maximum Gasteiger partial charge on any atom is 0.123 e. The summed E-state index contributed by atoms with van der Waals surface area (Å²) in [5.41, 5.74) is 3.36. The van der Waals surface area contributed by atoms with Crippen molar-refractivity contribution in [3.63, 3.8) is 0 Å². The largest absolute Gasteiger partial charge is 0.383 e. The molecule has 0 fully saturated rings. The highest BCUT2D eigenvalue weighted by atomic mass is 19.1. The Hall–Kier alpha value is -1.65. The van der Waals surface area contributed by atoms with E-state index in [-0.39, 0.29) is 5.82 Å². The lowest BCUT2D eigenvalue weighted by Crippen LogP contribution is -2.18. The Labute approximate surface area is 119 Å². The third kappa shape index (κ3) is 4.18. The maximum absolute atomic E-state index is 13.1. The summed E-state index contributed by atoms with van der Waals surface area (Å²) < 4.78 is 20.2. The molecule has 0 aliphatic heterocycles. The number of methoxy groups -OCH3 is 1. The summed E-state index contributed by atoms with van der Waals surface area (Å²) in [6.07, 6.45) is 4.17. The Bertz CT molecular complexity index is 551. The Morgan fingerprint density at radius 1 is 1.30 bits per heavy atom. The number of hydrogen-bond donors (Lipinski definition) is 1. The molecule has 2 rings (SSSR count). The van der Waals surface area contributed by atoms with Crippen LogP contribution in [0.3, 0.4) is 0 Å². The van der Waals surface area contributed by atoms with Gasteiger partial charge in [-0.15, -0.1) is 0 Å². The summed E-state index contributed by atoms with van der Waals surface area (Å²) in [5.74, 6) is -0.179. The van der Waals surface area contributed by atoms with Crippen molar-refractivity contribution in [3.05, 3.63) is 59.2 Å². The zero-order valence-corrected chi connectivity index (χ0v) is 12.0. The number of aryl methyl sites for hydroxylation is 1. The number of nitrogens with one attached hydrogen (secondary N) is 1. The number of halogens is 1. The van der Waals surface area contributed by atoms with Crippen LogP contribution in [0.25, 0.3) is 0 Å². The van der Waals surface area contributed by atoms with Gasteiger partial charge in [0.1, 0.15) is 5.82 Å². The van der Waals surface area contributed by atoms with Crippen molar-refractivity contribution in [1.29, 1.82) is 0 Å². The van der Waals surface area contributed by atoms with Crippen molar-refractivity contribution in [2.75, 3.05) is 20.3 Å². The molecule has 3 nitrogen and oxygen atoms in total. The van der Waals surface area contributed by atoms with E-state index in [0.29, 0.717) is 0 Å². The second-order valence-electron chi connectivity index (χ2n) is 4.93. The van der Waals surface area contributed by atoms with E-state index in [0.717, 1.165) is 37.4 Å². The van der Waals surface area contributed by atoms with E-state index >= 15 is 0 Å². The summed E-state index contributed by atoms with van der Waals surface area (Å²) in [4.78, 5) is 0. The SMILES string of the molecule is COCCNCc1ccn(Cc2ccc(F)cc2C)c1. The van der Waals surface area contributed by atoms with Crippen LogP contribution in [0.1, 0.15) is 16.7 Å². The first kappa shape index (κ1) is 14.8. The second kappa shape index (κ2) is 7.22. The average Bonchev–Trinajstić information content (AvgIpc) is 2.86. The molecule has 0 radical (unpaired) electrons. The van der Waals surface area contributed by atoms with Crippen LogP contribution >= 0.6 is 0 Å². The van der Waals surface area contributed by atoms with Gasteiger partial charge in [-0.2, -0.15) is 0 Å². The van der Waals surface area contributed by atoms with Gasteiger partial charge in [0.05, 0.1) is 6.61 Å². The molecule has 0 atom stereocenters. The van der Waals surface area contributed by atoms with E-state index in [2.05, 4.69) is 28.3 Å². The first-order valence-electron chi connectivity index (χ1n) is 6.78. The van der Waals surface area contributed by atoms with Crippen molar-refractivity contribution in [2.45, 2.75) is 20.0 Å². The normalized spacial score (nSPS) is 10.9. The van der Waals surface area contributed by atoms with Crippen LogP contribution in [0.4, 0.5) is 4.39 Å². The minimum Gasteiger partial charge on any atom is -0.383 e. The minimum atomic E-state index is -0.179. The fraction of sp³-hybridized carbons (Fsp3) is 0.375. The molecule has 0 unspecified atom stereocenters. The predicted octanol–water partition coefficient (Wildman–Crippen LogP) is 2.72. The summed E-state index contributed by atoms with van der Waals surface area (Å²) in [5, 5.41) is 3.31. The predicted molar refractivity (Wildman–Crippen MR) is 78.3 cm³/mol. The molecule has 0 aliphatic rings. The quantitative estimate of drug-likeness (QED) is 0.787. The molecular formula is C16H21FN2O. The average molecular weight is 276 g/mol. The molecule has 1 N–H and O–H groups in total. The molecule has 0 spiro atoms. The van der Waals surface area contributed by atoms with Gasteiger partial charge in [-0.25, -0.2) is 4.39 Å². The van der Waals surface area contributed by atoms with E-state index in [9.17, 15) is 4.39 Å². The molecule has 1 heterocycles. The maximum atomic E-state index is 13.1. The van der Waals surface area contributed by atoms with Crippen LogP contribution in [-0.4, -0.2) is 24.8 Å². The molecule has 0 aliphatic carbocycles. The fourth-order valence-corrected chi connectivity index (χ4v) is 2.13. The first-order chi connectivity index (χ1) is 9.69. The van der Waals surface area contributed by atoms with E-state index in [4.69, 9.17) is 4.74 Å². The smallest absolute Gasteiger partial charge is 0.123 e. The molecule has 0 saturated carbocycles. The summed E-state index contributed by atoms with van der Waals surface area (Å²) in [7, 11) is 1.70. The number of aromatic nitrogens is 1. The van der Waals surface area contributed by atoms with Crippen molar-refractivity contribution in [1.82, 2.24) is 9.88 Å². The lowest BCUT2D eigenvalue weighted by molar-refractivity contribution is 0.199. The molecule has 0 saturated heterocycles. The lowest BCUT2D eigenvalue weighted by Gasteiger charge is -2.07. The van der Waals surface area contributed by atoms with Gasteiger partial charge in [0, 0.05) is 39.1 Å². The summed E-state index contributed by atoms with van der Waals surface area (Å²) >= 11 is 0. The number of benzene rings is 1. The van der Waals surface area contributed by atoms with Crippen LogP contribution in [0.5, 0.6) is 0 Å². The first-order valence-corrected chi connectivity index (χ1v) is 6.78. The molecular weight excluding hydrogens is 255 g/mol. The van der Waals surface area contributed by atoms with Crippen LogP contribution < -0.4 is 5.32 Å². The fourth-order valence-electron chi connectivity index (χ4n) is 2.13. The van der Waals surface area contributed by atoms with Gasteiger partial charge < -0.3 is 14.6 Å². The third-order valence-corrected chi connectivity index (χ3v) is 3.28. The molecule has 20 heavy (non-hydrogen) atoms. The summed E-state index contributed by atoms with van der Waals surface area (Å²) in [6, 6.07) is 7.03. The lowest BCUT2D eigenvalue weighted by atomic mass is 10.1. The molecule has 0 amide bonds. The summed E-state index contributed by atoms with van der Waals surface area (Å²) in [6.45, 7) is 5.10. The minimum absolute atomic E-state index is 0.179. The molecule has 108 valence electrons. The third-order valence-electron chi connectivity index (χ3n) is 3.28. The van der Waals surface area contributed by atoms with Gasteiger partial charge in [-0.3, -0.25) is 0 Å². The van der Waals surface area contributed by atoms with Gasteiger partial charge in [-0.05, 0) is 41.8 Å². The second-order valence-corrected chi connectivity index (χ2v) is 4.93. The highest BCUT2D eigenvalue weighted by molar-refractivity contribution is 5.27. The monoisotopic (exact) mass is 276 g/mol. The van der Waals surface area contributed by atoms with E-state index < -0.39 is 0 Å². The van der Waals surface area contributed by atoms with Crippen LogP contribution in [0.15, 0.2) is 36.7 Å². The molecule has 4 heteroatoms. The van der Waals surface area contributed by atoms with Gasteiger partial charge in [0.25, 0.3) is 0 Å². The number of ether oxygens (including phenoxy) is 1. The highest BCUT2D eigenvalue weighted by Crippen LogP contribution is 2.12. The number of hydrogen-bond acceptors (Lipinski definition) is 2.